The van der Waals surface area contributed by atoms with Gasteiger partial charge in [-0.3, -0.25) is 9.10 Å². The molecule has 0 unspecified atom stereocenters. The molecule has 0 aromatic heterocycles. The molecule has 96 valence electrons. The van der Waals surface area contributed by atoms with E-state index in [-0.39, 0.29) is 12.1 Å². The number of anilines is 1. The van der Waals surface area contributed by atoms with E-state index in [4.69, 9.17) is 10.4 Å². The Balaban J connectivity index is 3.07. The summed E-state index contributed by atoms with van der Waals surface area (Å²) in [4.78, 5) is 10.6. The number of rotatable bonds is 5. The molecule has 0 atom stereocenters. The Hall–Kier alpha value is -2.07. The number of aliphatic carboxylic acids is 1. The van der Waals surface area contributed by atoms with E-state index in [2.05, 4.69) is 0 Å². The van der Waals surface area contributed by atoms with E-state index in [1.165, 1.54) is 12.1 Å². The van der Waals surface area contributed by atoms with Gasteiger partial charge in [-0.05, 0) is 17.7 Å². The van der Waals surface area contributed by atoms with Crippen LogP contribution in [0.25, 0.3) is 0 Å². The summed E-state index contributed by atoms with van der Waals surface area (Å²) in [5.74, 6) is -1.23. The third-order valence-corrected chi connectivity index (χ3v) is 3.33. The largest absolute Gasteiger partial charge is 0.480 e. The molecule has 6 nitrogen and oxygen atoms in total. The van der Waals surface area contributed by atoms with Crippen LogP contribution in [0.3, 0.4) is 0 Å². The van der Waals surface area contributed by atoms with E-state index < -0.39 is 22.5 Å². The van der Waals surface area contributed by atoms with Crippen molar-refractivity contribution in [2.75, 3.05) is 17.1 Å². The van der Waals surface area contributed by atoms with Crippen LogP contribution in [0.5, 0.6) is 0 Å². The molecular weight excluding hydrogens is 256 g/mol. The van der Waals surface area contributed by atoms with Crippen LogP contribution in [-0.2, 0) is 21.2 Å². The first-order valence-electron chi connectivity index (χ1n) is 5.00. The Bertz CT molecular complexity index is 572. The minimum absolute atomic E-state index is 0.220. The molecule has 1 aromatic carbocycles. The zero-order valence-electron chi connectivity index (χ0n) is 9.70. The van der Waals surface area contributed by atoms with Gasteiger partial charge in [0.05, 0.1) is 24.4 Å². The van der Waals surface area contributed by atoms with Crippen LogP contribution in [0.1, 0.15) is 5.56 Å². The van der Waals surface area contributed by atoms with Gasteiger partial charge < -0.3 is 5.11 Å². The zero-order valence-corrected chi connectivity index (χ0v) is 10.5. The van der Waals surface area contributed by atoms with E-state index in [0.29, 0.717) is 0 Å². The predicted octanol–water partition coefficient (Wildman–Crippen LogP) is 0.603. The van der Waals surface area contributed by atoms with Gasteiger partial charge in [0.1, 0.15) is 6.54 Å². The van der Waals surface area contributed by atoms with Crippen LogP contribution < -0.4 is 4.31 Å². The van der Waals surface area contributed by atoms with E-state index in [1.54, 1.807) is 12.1 Å². The molecular formula is C11H12N2O4S. The Labute approximate surface area is 105 Å². The summed E-state index contributed by atoms with van der Waals surface area (Å²) in [7, 11) is -3.65. The summed E-state index contributed by atoms with van der Waals surface area (Å²) in [6.45, 7) is -0.629. The van der Waals surface area contributed by atoms with Gasteiger partial charge in [0.25, 0.3) is 0 Å². The van der Waals surface area contributed by atoms with Crippen molar-refractivity contribution in [1.82, 2.24) is 0 Å². The fourth-order valence-corrected chi connectivity index (χ4v) is 2.24. The molecule has 0 bridgehead atoms. The van der Waals surface area contributed by atoms with Crippen molar-refractivity contribution in [3.8, 4) is 6.07 Å². The number of hydrogen-bond donors (Lipinski definition) is 1. The molecule has 0 amide bonds. The van der Waals surface area contributed by atoms with Gasteiger partial charge in [-0.15, -0.1) is 0 Å². The molecule has 0 saturated heterocycles. The normalized spacial score (nSPS) is 10.7. The summed E-state index contributed by atoms with van der Waals surface area (Å²) in [6, 6.07) is 8.13. The smallest absolute Gasteiger partial charge is 0.324 e. The maximum atomic E-state index is 11.5. The molecule has 0 aliphatic rings. The molecule has 0 aliphatic heterocycles. The summed E-state index contributed by atoms with van der Waals surface area (Å²) in [6.07, 6.45) is 1.16. The lowest BCUT2D eigenvalue weighted by molar-refractivity contribution is -0.135. The fourth-order valence-electron chi connectivity index (χ4n) is 1.39. The first kappa shape index (κ1) is 14.0. The van der Waals surface area contributed by atoms with E-state index in [0.717, 1.165) is 16.1 Å². The SMILES string of the molecule is CS(=O)(=O)N(CC(=O)O)c1ccc(CC#N)cc1. The van der Waals surface area contributed by atoms with Gasteiger partial charge >= 0.3 is 5.97 Å². The number of hydrogen-bond acceptors (Lipinski definition) is 4. The molecule has 1 aromatic rings. The number of sulfonamides is 1. The lowest BCUT2D eigenvalue weighted by atomic mass is 10.1. The van der Waals surface area contributed by atoms with Crippen LogP contribution in [0.2, 0.25) is 0 Å². The maximum absolute atomic E-state index is 11.5. The Kier molecular flexibility index (Phi) is 4.28. The highest BCUT2D eigenvalue weighted by atomic mass is 32.2. The second-order valence-electron chi connectivity index (χ2n) is 3.66. The first-order chi connectivity index (χ1) is 8.34. The van der Waals surface area contributed by atoms with E-state index in [1.807, 2.05) is 6.07 Å². The van der Waals surface area contributed by atoms with E-state index >= 15 is 0 Å². The molecule has 1 rings (SSSR count). The summed E-state index contributed by atoms with van der Waals surface area (Å²) >= 11 is 0. The summed E-state index contributed by atoms with van der Waals surface area (Å²) in [5.41, 5.74) is 1.01. The Morgan fingerprint density at radius 2 is 1.94 bits per heavy atom. The van der Waals surface area contributed by atoms with Crippen molar-refractivity contribution >= 4 is 21.7 Å². The maximum Gasteiger partial charge on any atom is 0.324 e. The van der Waals surface area contributed by atoms with Crippen molar-refractivity contribution in [3.63, 3.8) is 0 Å². The van der Waals surface area contributed by atoms with E-state index in [9.17, 15) is 13.2 Å². The number of nitriles is 1. The standard InChI is InChI=1S/C11H12N2O4S/c1-18(16,17)13(8-11(14)15)10-4-2-9(3-5-10)6-7-12/h2-5H,6,8H2,1H3,(H,14,15). The number of carboxylic acids is 1. The van der Waals surface area contributed by atoms with Gasteiger partial charge in [0.2, 0.25) is 10.0 Å². The van der Waals surface area contributed by atoms with Gasteiger partial charge in [-0.25, -0.2) is 8.42 Å². The molecule has 18 heavy (non-hydrogen) atoms. The molecule has 7 heteroatoms. The highest BCUT2D eigenvalue weighted by Crippen LogP contribution is 2.18. The number of benzene rings is 1. The lowest BCUT2D eigenvalue weighted by Gasteiger charge is -2.20. The lowest BCUT2D eigenvalue weighted by Crippen LogP contribution is -2.34. The molecule has 0 spiro atoms. The summed E-state index contributed by atoms with van der Waals surface area (Å²) < 4.78 is 23.8. The van der Waals surface area contributed by atoms with Crippen LogP contribution in [0.4, 0.5) is 5.69 Å². The minimum atomic E-state index is -3.65. The van der Waals surface area contributed by atoms with Crippen molar-refractivity contribution in [1.29, 1.82) is 5.26 Å². The Morgan fingerprint density at radius 3 is 2.33 bits per heavy atom. The molecule has 0 fully saturated rings. The van der Waals surface area contributed by atoms with Crippen molar-refractivity contribution < 1.29 is 18.3 Å². The first-order valence-corrected chi connectivity index (χ1v) is 6.85. The van der Waals surface area contributed by atoms with Crippen molar-refractivity contribution in [2.24, 2.45) is 0 Å². The third-order valence-electron chi connectivity index (χ3n) is 2.19. The number of carbonyl (C=O) groups is 1. The number of carboxylic acid groups (broad SMARTS) is 1. The van der Waals surface area contributed by atoms with Crippen molar-refractivity contribution in [2.45, 2.75) is 6.42 Å². The van der Waals surface area contributed by atoms with Crippen LogP contribution in [0, 0.1) is 11.3 Å². The quantitative estimate of drug-likeness (QED) is 0.843. The van der Waals surface area contributed by atoms with Gasteiger partial charge in [0.15, 0.2) is 0 Å². The van der Waals surface area contributed by atoms with Gasteiger partial charge in [-0.2, -0.15) is 5.26 Å². The monoisotopic (exact) mass is 268 g/mol. The average molecular weight is 268 g/mol. The second kappa shape index (κ2) is 5.51. The summed E-state index contributed by atoms with van der Waals surface area (Å²) in [5, 5.41) is 17.2. The second-order valence-corrected chi connectivity index (χ2v) is 5.57. The molecule has 0 radical (unpaired) electrons. The molecule has 0 saturated carbocycles. The van der Waals surface area contributed by atoms with Crippen LogP contribution >= 0.6 is 0 Å². The highest BCUT2D eigenvalue weighted by molar-refractivity contribution is 7.92. The minimum Gasteiger partial charge on any atom is -0.480 e. The average Bonchev–Trinajstić information content (AvgIpc) is 2.26. The molecule has 1 N–H and O–H groups in total. The van der Waals surface area contributed by atoms with Crippen LogP contribution in [0.15, 0.2) is 24.3 Å². The Morgan fingerprint density at radius 1 is 1.39 bits per heavy atom. The van der Waals surface area contributed by atoms with Crippen molar-refractivity contribution in [3.05, 3.63) is 29.8 Å². The fraction of sp³-hybridized carbons (Fsp3) is 0.273. The van der Waals surface area contributed by atoms with Gasteiger partial charge in [0, 0.05) is 0 Å². The molecule has 0 heterocycles. The topological polar surface area (TPSA) is 98.5 Å². The number of nitrogens with zero attached hydrogens (tertiary/aromatic N) is 2. The van der Waals surface area contributed by atoms with Gasteiger partial charge in [-0.1, -0.05) is 12.1 Å². The highest BCUT2D eigenvalue weighted by Gasteiger charge is 2.20. The molecule has 0 aliphatic carbocycles. The third kappa shape index (κ3) is 3.75. The predicted molar refractivity (Wildman–Crippen MR) is 65.6 cm³/mol. The zero-order chi connectivity index (χ0) is 13.8. The van der Waals surface area contributed by atoms with Crippen LogP contribution in [-0.4, -0.2) is 32.3 Å².